The fourth-order valence-electron chi connectivity index (χ4n) is 2.86. The van der Waals surface area contributed by atoms with Crippen molar-refractivity contribution in [3.8, 4) is 11.5 Å². The van der Waals surface area contributed by atoms with Crippen molar-refractivity contribution < 1.29 is 14.2 Å². The minimum absolute atomic E-state index is 0. The molecule has 142 valence electrons. The van der Waals surface area contributed by atoms with Crippen molar-refractivity contribution in [2.24, 2.45) is 10.7 Å². The van der Waals surface area contributed by atoms with Crippen LogP contribution in [-0.4, -0.2) is 38.9 Å². The van der Waals surface area contributed by atoms with Crippen LogP contribution in [0.5, 0.6) is 11.5 Å². The van der Waals surface area contributed by atoms with Gasteiger partial charge < -0.3 is 25.3 Å². The van der Waals surface area contributed by atoms with Crippen LogP contribution in [0.25, 0.3) is 0 Å². The van der Waals surface area contributed by atoms with Gasteiger partial charge in [0, 0.05) is 13.2 Å². The number of ether oxygens (including phenoxy) is 3. The molecule has 0 heterocycles. The fraction of sp³-hybridized carbons (Fsp3) is 0.611. The number of halogens is 1. The van der Waals surface area contributed by atoms with E-state index in [1.54, 1.807) is 14.2 Å². The second-order valence-electron chi connectivity index (χ2n) is 6.21. The Bertz CT molecular complexity index is 548. The molecule has 1 atom stereocenters. The van der Waals surface area contributed by atoms with Gasteiger partial charge in [-0.15, -0.1) is 24.0 Å². The molecule has 1 aliphatic rings. The summed E-state index contributed by atoms with van der Waals surface area (Å²) in [5.74, 6) is 1.96. The summed E-state index contributed by atoms with van der Waals surface area (Å²) in [7, 11) is 3.32. The molecule has 1 aliphatic carbocycles. The molecular weight excluding hydrogens is 433 g/mol. The molecule has 1 unspecified atom stereocenters. The van der Waals surface area contributed by atoms with E-state index in [1.807, 2.05) is 25.1 Å². The molecule has 2 rings (SSSR count). The first-order valence-corrected chi connectivity index (χ1v) is 8.51. The second-order valence-corrected chi connectivity index (χ2v) is 6.21. The lowest BCUT2D eigenvalue weighted by atomic mass is 10.2. The van der Waals surface area contributed by atoms with E-state index in [4.69, 9.17) is 19.9 Å². The molecule has 1 aromatic rings. The third kappa shape index (κ3) is 7.27. The largest absolute Gasteiger partial charge is 0.493 e. The van der Waals surface area contributed by atoms with Gasteiger partial charge in [0.05, 0.1) is 26.4 Å². The highest BCUT2D eigenvalue weighted by atomic mass is 127. The lowest BCUT2D eigenvalue weighted by Gasteiger charge is -2.17. The van der Waals surface area contributed by atoms with E-state index >= 15 is 0 Å². The van der Waals surface area contributed by atoms with E-state index in [0.29, 0.717) is 25.2 Å². The molecule has 0 aliphatic heterocycles. The first kappa shape index (κ1) is 21.8. The average Bonchev–Trinajstić information content (AvgIpc) is 3.06. The summed E-state index contributed by atoms with van der Waals surface area (Å²) in [4.78, 5) is 4.38. The van der Waals surface area contributed by atoms with Crippen LogP contribution in [0.3, 0.4) is 0 Å². The maximum absolute atomic E-state index is 6.10. The minimum Gasteiger partial charge on any atom is -0.493 e. The molecule has 6 nitrogen and oxygen atoms in total. The summed E-state index contributed by atoms with van der Waals surface area (Å²) in [5.41, 5.74) is 6.94. The van der Waals surface area contributed by atoms with E-state index in [0.717, 1.165) is 29.9 Å². The quantitative estimate of drug-likeness (QED) is 0.352. The molecule has 0 saturated heterocycles. The van der Waals surface area contributed by atoms with Gasteiger partial charge in [0.25, 0.3) is 0 Å². The van der Waals surface area contributed by atoms with Crippen LogP contribution in [0.15, 0.2) is 23.2 Å². The number of hydrogen-bond acceptors (Lipinski definition) is 4. The molecule has 3 N–H and O–H groups in total. The highest BCUT2D eigenvalue weighted by Gasteiger charge is 2.18. The average molecular weight is 463 g/mol. The number of methoxy groups -OCH3 is 2. The van der Waals surface area contributed by atoms with E-state index in [2.05, 4.69) is 10.3 Å². The van der Waals surface area contributed by atoms with Gasteiger partial charge in [0.1, 0.15) is 0 Å². The molecular formula is C18H30IN3O3. The summed E-state index contributed by atoms with van der Waals surface area (Å²) >= 11 is 0. The Morgan fingerprint density at radius 2 is 2.00 bits per heavy atom. The van der Waals surface area contributed by atoms with Crippen molar-refractivity contribution in [1.29, 1.82) is 0 Å². The van der Waals surface area contributed by atoms with Gasteiger partial charge in [-0.2, -0.15) is 0 Å². The summed E-state index contributed by atoms with van der Waals surface area (Å²) in [6.45, 7) is 3.06. The van der Waals surface area contributed by atoms with E-state index in [1.165, 1.54) is 12.8 Å². The topological polar surface area (TPSA) is 78.1 Å². The smallest absolute Gasteiger partial charge is 0.189 e. The Kier molecular flexibility index (Phi) is 9.96. The Balaban J connectivity index is 0.00000312. The second kappa shape index (κ2) is 11.4. The van der Waals surface area contributed by atoms with Crippen LogP contribution in [0.2, 0.25) is 0 Å². The zero-order valence-corrected chi connectivity index (χ0v) is 17.6. The summed E-state index contributed by atoms with van der Waals surface area (Å²) in [5, 5.41) is 3.09. The van der Waals surface area contributed by atoms with Crippen LogP contribution in [0.4, 0.5) is 0 Å². The first-order valence-electron chi connectivity index (χ1n) is 8.51. The standard InChI is InChI=1S/C18H29N3O3.HI/c1-13(12-22-2)21-18(19)20-11-14-8-9-16(23-3)17(10-14)24-15-6-4-5-7-15;/h8-10,13,15H,4-7,11-12H2,1-3H3,(H3,19,20,21);1H. The summed E-state index contributed by atoms with van der Waals surface area (Å²) in [6, 6.07) is 6.02. The van der Waals surface area contributed by atoms with Gasteiger partial charge in [0.2, 0.25) is 0 Å². The van der Waals surface area contributed by atoms with E-state index < -0.39 is 0 Å². The lowest BCUT2D eigenvalue weighted by Crippen LogP contribution is -2.40. The number of rotatable bonds is 8. The van der Waals surface area contributed by atoms with Gasteiger partial charge in [-0.05, 0) is 50.3 Å². The predicted octanol–water partition coefficient (Wildman–Crippen LogP) is 3.07. The van der Waals surface area contributed by atoms with Crippen molar-refractivity contribution in [2.75, 3.05) is 20.8 Å². The van der Waals surface area contributed by atoms with Crippen LogP contribution in [-0.2, 0) is 11.3 Å². The minimum atomic E-state index is 0. The van der Waals surface area contributed by atoms with Crippen molar-refractivity contribution in [3.05, 3.63) is 23.8 Å². The maximum Gasteiger partial charge on any atom is 0.189 e. The summed E-state index contributed by atoms with van der Waals surface area (Å²) < 4.78 is 16.6. The third-order valence-electron chi connectivity index (χ3n) is 4.07. The van der Waals surface area contributed by atoms with Crippen molar-refractivity contribution >= 4 is 29.9 Å². The number of nitrogens with zero attached hydrogens (tertiary/aromatic N) is 1. The number of aliphatic imine (C=N–C) groups is 1. The zero-order chi connectivity index (χ0) is 17.4. The number of benzene rings is 1. The predicted molar refractivity (Wildman–Crippen MR) is 111 cm³/mol. The molecule has 0 spiro atoms. The van der Waals surface area contributed by atoms with Gasteiger partial charge in [0.15, 0.2) is 17.5 Å². The third-order valence-corrected chi connectivity index (χ3v) is 4.07. The maximum atomic E-state index is 6.10. The van der Waals surface area contributed by atoms with Crippen molar-refractivity contribution in [2.45, 2.75) is 51.3 Å². The van der Waals surface area contributed by atoms with Crippen LogP contribution < -0.4 is 20.5 Å². The number of hydrogen-bond donors (Lipinski definition) is 2. The molecule has 0 bridgehead atoms. The Morgan fingerprint density at radius 1 is 1.28 bits per heavy atom. The first-order chi connectivity index (χ1) is 11.6. The normalized spacial score (nSPS) is 16.2. The SMILES string of the molecule is COCC(C)NC(N)=NCc1ccc(OC)c(OC2CCCC2)c1.I. The highest BCUT2D eigenvalue weighted by molar-refractivity contribution is 14.0. The van der Waals surface area contributed by atoms with Gasteiger partial charge in [-0.3, -0.25) is 0 Å². The lowest BCUT2D eigenvalue weighted by molar-refractivity contribution is 0.179. The Morgan fingerprint density at radius 3 is 2.64 bits per heavy atom. The number of nitrogens with one attached hydrogen (secondary N) is 1. The van der Waals surface area contributed by atoms with E-state index in [9.17, 15) is 0 Å². The fourth-order valence-corrected chi connectivity index (χ4v) is 2.86. The van der Waals surface area contributed by atoms with Crippen LogP contribution in [0.1, 0.15) is 38.2 Å². The molecule has 1 fully saturated rings. The van der Waals surface area contributed by atoms with Gasteiger partial charge in [-0.1, -0.05) is 6.07 Å². The number of guanidine groups is 1. The van der Waals surface area contributed by atoms with Crippen LogP contribution >= 0.6 is 24.0 Å². The zero-order valence-electron chi connectivity index (χ0n) is 15.3. The highest BCUT2D eigenvalue weighted by Crippen LogP contribution is 2.32. The van der Waals surface area contributed by atoms with Gasteiger partial charge >= 0.3 is 0 Å². The molecule has 0 amide bonds. The van der Waals surface area contributed by atoms with Gasteiger partial charge in [-0.25, -0.2) is 4.99 Å². The molecule has 1 aromatic carbocycles. The monoisotopic (exact) mass is 463 g/mol. The molecule has 7 heteroatoms. The summed E-state index contributed by atoms with van der Waals surface area (Å²) in [6.07, 6.45) is 4.98. The molecule has 0 radical (unpaired) electrons. The van der Waals surface area contributed by atoms with Crippen molar-refractivity contribution in [3.63, 3.8) is 0 Å². The molecule has 0 aromatic heterocycles. The number of nitrogens with two attached hydrogens (primary N) is 1. The van der Waals surface area contributed by atoms with Crippen LogP contribution in [0, 0.1) is 0 Å². The molecule has 1 saturated carbocycles. The van der Waals surface area contributed by atoms with E-state index in [-0.39, 0.29) is 30.0 Å². The van der Waals surface area contributed by atoms with Crippen molar-refractivity contribution in [1.82, 2.24) is 5.32 Å². The Hall–Kier alpha value is -1.22. The Labute approximate surface area is 167 Å². The molecule has 25 heavy (non-hydrogen) atoms.